The molecule has 4 aliphatic rings. The van der Waals surface area contributed by atoms with E-state index in [1.807, 2.05) is 0 Å². The van der Waals surface area contributed by atoms with Gasteiger partial charge in [0, 0.05) is 0 Å². The van der Waals surface area contributed by atoms with Crippen LogP contribution in [0.25, 0.3) is 0 Å². The zero-order chi connectivity index (χ0) is 18.5. The summed E-state index contributed by atoms with van der Waals surface area (Å²) in [5.74, 6) is 4.79. The Balaban J connectivity index is 1.58. The maximum Gasteiger partial charge on any atom is 0.0577 e. The molecular weight excluding hydrogens is 316 g/mol. The van der Waals surface area contributed by atoms with Crippen LogP contribution in [0.1, 0.15) is 105 Å². The normalized spacial score (nSPS) is 52.0. The van der Waals surface area contributed by atoms with E-state index >= 15 is 0 Å². The van der Waals surface area contributed by atoms with Crippen LogP contribution in [-0.4, -0.2) is 11.2 Å². The number of unbranched alkanes of at least 4 members (excludes halogenated alkanes) is 1. The lowest BCUT2D eigenvalue weighted by Gasteiger charge is -2.62. The average molecular weight is 361 g/mol. The van der Waals surface area contributed by atoms with Crippen LogP contribution in [0.3, 0.4) is 0 Å². The highest BCUT2D eigenvalue weighted by Crippen LogP contribution is 2.68. The van der Waals surface area contributed by atoms with E-state index in [0.29, 0.717) is 16.7 Å². The molecule has 4 saturated carbocycles. The van der Waals surface area contributed by atoms with Gasteiger partial charge in [0.05, 0.1) is 6.10 Å². The number of rotatable bonds is 4. The van der Waals surface area contributed by atoms with Gasteiger partial charge in [-0.3, -0.25) is 0 Å². The average Bonchev–Trinajstić information content (AvgIpc) is 2.97. The number of aliphatic hydroxyl groups is 1. The molecule has 0 aromatic rings. The second-order valence-electron chi connectivity index (χ2n) is 11.4. The number of aliphatic hydroxyl groups excluding tert-OH is 1. The Morgan fingerprint density at radius 2 is 1.73 bits per heavy atom. The molecule has 0 aromatic carbocycles. The third-order valence-corrected chi connectivity index (χ3v) is 10.4. The first kappa shape index (κ1) is 19.3. The highest BCUT2D eigenvalue weighted by Gasteiger charge is 2.62. The number of hydrogen-bond donors (Lipinski definition) is 1. The molecule has 0 spiro atoms. The quantitative estimate of drug-likeness (QED) is 0.582. The molecule has 0 radical (unpaired) electrons. The lowest BCUT2D eigenvalue weighted by molar-refractivity contribution is -0.164. The van der Waals surface area contributed by atoms with Crippen LogP contribution in [0.4, 0.5) is 0 Å². The van der Waals surface area contributed by atoms with Crippen molar-refractivity contribution in [3.63, 3.8) is 0 Å². The molecule has 26 heavy (non-hydrogen) atoms. The summed E-state index contributed by atoms with van der Waals surface area (Å²) in [5.41, 5.74) is 1.04. The second kappa shape index (κ2) is 7.09. The van der Waals surface area contributed by atoms with Crippen LogP contribution in [0, 0.1) is 46.3 Å². The van der Waals surface area contributed by atoms with Crippen LogP contribution in [0.2, 0.25) is 0 Å². The van der Waals surface area contributed by atoms with E-state index in [1.165, 1.54) is 70.6 Å². The molecule has 9 atom stereocenters. The summed E-state index contributed by atoms with van der Waals surface area (Å²) in [6.45, 7) is 10.1. The molecule has 150 valence electrons. The molecule has 4 aliphatic carbocycles. The standard InChI is InChI=1S/C25H44O/c1-5-6-9-17(2)19-11-12-20-23-21(13-15-25(19,20)4)24(3)14-8-7-10-18(24)16-22(23)26/h17-23,26H,5-16H2,1-4H3. The molecule has 0 saturated heterocycles. The van der Waals surface area contributed by atoms with Crippen LogP contribution in [-0.2, 0) is 0 Å². The zero-order valence-electron chi connectivity index (χ0n) is 18.0. The van der Waals surface area contributed by atoms with Crippen molar-refractivity contribution in [1.82, 2.24) is 0 Å². The van der Waals surface area contributed by atoms with Gasteiger partial charge in [-0.15, -0.1) is 0 Å². The van der Waals surface area contributed by atoms with Crippen LogP contribution in [0.15, 0.2) is 0 Å². The van der Waals surface area contributed by atoms with Gasteiger partial charge >= 0.3 is 0 Å². The molecule has 4 fully saturated rings. The summed E-state index contributed by atoms with van der Waals surface area (Å²) >= 11 is 0. The van der Waals surface area contributed by atoms with E-state index in [1.54, 1.807) is 0 Å². The molecule has 9 unspecified atom stereocenters. The first-order valence-corrected chi connectivity index (χ1v) is 12.1. The SMILES string of the molecule is CCCCC(C)C1CCC2C3C(O)CC4CCCCC4(C)C3CCC12C. The summed E-state index contributed by atoms with van der Waals surface area (Å²) in [6.07, 6.45) is 16.6. The maximum atomic E-state index is 11.3. The summed E-state index contributed by atoms with van der Waals surface area (Å²) < 4.78 is 0. The van der Waals surface area contributed by atoms with Crippen LogP contribution < -0.4 is 0 Å². The van der Waals surface area contributed by atoms with Gasteiger partial charge in [0.2, 0.25) is 0 Å². The van der Waals surface area contributed by atoms with Gasteiger partial charge in [-0.25, -0.2) is 0 Å². The van der Waals surface area contributed by atoms with Crippen molar-refractivity contribution >= 4 is 0 Å². The van der Waals surface area contributed by atoms with Gasteiger partial charge in [0.15, 0.2) is 0 Å². The number of fused-ring (bicyclic) bond motifs is 5. The molecule has 0 amide bonds. The molecule has 0 bridgehead atoms. The van der Waals surface area contributed by atoms with Gasteiger partial charge in [0.1, 0.15) is 0 Å². The summed E-state index contributed by atoms with van der Waals surface area (Å²) in [7, 11) is 0. The molecule has 0 heterocycles. The van der Waals surface area contributed by atoms with Crippen molar-refractivity contribution in [2.75, 3.05) is 0 Å². The largest absolute Gasteiger partial charge is 0.393 e. The molecule has 1 nitrogen and oxygen atoms in total. The van der Waals surface area contributed by atoms with Crippen molar-refractivity contribution in [1.29, 1.82) is 0 Å². The monoisotopic (exact) mass is 360 g/mol. The second-order valence-corrected chi connectivity index (χ2v) is 11.4. The van der Waals surface area contributed by atoms with Crippen LogP contribution >= 0.6 is 0 Å². The van der Waals surface area contributed by atoms with E-state index in [-0.39, 0.29) is 6.10 Å². The van der Waals surface area contributed by atoms with Gasteiger partial charge in [-0.05, 0) is 91.3 Å². The van der Waals surface area contributed by atoms with E-state index in [2.05, 4.69) is 27.7 Å². The minimum Gasteiger partial charge on any atom is -0.393 e. The third-order valence-electron chi connectivity index (χ3n) is 10.4. The summed E-state index contributed by atoms with van der Waals surface area (Å²) in [6, 6.07) is 0. The third kappa shape index (κ3) is 2.82. The zero-order valence-corrected chi connectivity index (χ0v) is 18.0. The predicted octanol–water partition coefficient (Wildman–Crippen LogP) is 6.83. The summed E-state index contributed by atoms with van der Waals surface area (Å²) in [5, 5.41) is 11.3. The van der Waals surface area contributed by atoms with E-state index < -0.39 is 0 Å². The van der Waals surface area contributed by atoms with Crippen molar-refractivity contribution < 1.29 is 5.11 Å². The lowest BCUT2D eigenvalue weighted by atomic mass is 9.44. The fraction of sp³-hybridized carbons (Fsp3) is 1.00. The minimum atomic E-state index is -0.00880. The topological polar surface area (TPSA) is 20.2 Å². The Labute approximate surface area is 162 Å². The van der Waals surface area contributed by atoms with Gasteiger partial charge in [0.25, 0.3) is 0 Å². The first-order chi connectivity index (χ1) is 12.4. The van der Waals surface area contributed by atoms with Gasteiger partial charge in [-0.2, -0.15) is 0 Å². The fourth-order valence-electron chi connectivity index (χ4n) is 8.96. The Kier molecular flexibility index (Phi) is 5.26. The first-order valence-electron chi connectivity index (χ1n) is 12.1. The van der Waals surface area contributed by atoms with E-state index in [4.69, 9.17) is 0 Å². The van der Waals surface area contributed by atoms with Crippen molar-refractivity contribution in [2.24, 2.45) is 46.3 Å². The molecule has 1 heteroatoms. The van der Waals surface area contributed by atoms with Gasteiger partial charge < -0.3 is 5.11 Å². The molecule has 1 N–H and O–H groups in total. The minimum absolute atomic E-state index is 0.00880. The Hall–Kier alpha value is -0.0400. The predicted molar refractivity (Wildman–Crippen MR) is 110 cm³/mol. The molecule has 4 rings (SSSR count). The van der Waals surface area contributed by atoms with Crippen molar-refractivity contribution in [3.05, 3.63) is 0 Å². The van der Waals surface area contributed by atoms with E-state index in [9.17, 15) is 5.11 Å². The highest BCUT2D eigenvalue weighted by atomic mass is 16.3. The molecule has 0 aromatic heterocycles. The molecular formula is C25H44O. The smallest absolute Gasteiger partial charge is 0.0577 e. The highest BCUT2D eigenvalue weighted by molar-refractivity contribution is 5.11. The summed E-state index contributed by atoms with van der Waals surface area (Å²) in [4.78, 5) is 0. The Morgan fingerprint density at radius 3 is 2.50 bits per heavy atom. The Bertz CT molecular complexity index is 500. The number of hydrogen-bond acceptors (Lipinski definition) is 1. The molecule has 0 aliphatic heterocycles. The van der Waals surface area contributed by atoms with Crippen molar-refractivity contribution in [3.8, 4) is 0 Å². The maximum absolute atomic E-state index is 11.3. The van der Waals surface area contributed by atoms with Crippen molar-refractivity contribution in [2.45, 2.75) is 111 Å². The fourth-order valence-corrected chi connectivity index (χ4v) is 8.96. The van der Waals surface area contributed by atoms with Gasteiger partial charge in [-0.1, -0.05) is 59.8 Å². The Morgan fingerprint density at radius 1 is 0.962 bits per heavy atom. The van der Waals surface area contributed by atoms with Crippen LogP contribution in [0.5, 0.6) is 0 Å². The lowest BCUT2D eigenvalue weighted by Crippen LogP contribution is -2.57. The van der Waals surface area contributed by atoms with E-state index in [0.717, 1.165) is 36.0 Å².